The van der Waals surface area contributed by atoms with Gasteiger partial charge in [0.25, 0.3) is 0 Å². The number of carboxylic acid groups (broad SMARTS) is 1. The van der Waals surface area contributed by atoms with Gasteiger partial charge in [-0.25, -0.2) is 9.78 Å². The van der Waals surface area contributed by atoms with Gasteiger partial charge in [-0.2, -0.15) is 0 Å². The van der Waals surface area contributed by atoms with E-state index in [0.29, 0.717) is 11.3 Å². The number of carboxylic acids is 1. The molecule has 3 nitrogen and oxygen atoms in total. The Labute approximate surface area is 97.4 Å². The maximum absolute atomic E-state index is 10.7. The fourth-order valence-electron chi connectivity index (χ4n) is 1.46. The van der Waals surface area contributed by atoms with E-state index in [9.17, 15) is 4.79 Å². The van der Waals surface area contributed by atoms with Crippen LogP contribution >= 0.6 is 11.3 Å². The summed E-state index contributed by atoms with van der Waals surface area (Å²) < 4.78 is 0. The van der Waals surface area contributed by atoms with Crippen LogP contribution < -0.4 is 0 Å². The zero-order valence-electron chi connectivity index (χ0n) is 8.80. The number of aromatic nitrogens is 1. The molecule has 2 rings (SSSR count). The molecule has 0 radical (unpaired) electrons. The van der Waals surface area contributed by atoms with E-state index in [4.69, 9.17) is 5.11 Å². The quantitative estimate of drug-likeness (QED) is 0.886. The SMILES string of the molecule is Cc1ccccc1Cc1ncc(C(=O)O)s1. The smallest absolute Gasteiger partial charge is 0.347 e. The molecule has 0 aliphatic rings. The van der Waals surface area contributed by atoms with Gasteiger partial charge in [-0.3, -0.25) is 0 Å². The van der Waals surface area contributed by atoms with Crippen LogP contribution in [-0.2, 0) is 6.42 Å². The van der Waals surface area contributed by atoms with Gasteiger partial charge < -0.3 is 5.11 Å². The van der Waals surface area contributed by atoms with Gasteiger partial charge in [-0.15, -0.1) is 11.3 Å². The average Bonchev–Trinajstić information content (AvgIpc) is 2.70. The number of carbonyl (C=O) groups is 1. The summed E-state index contributed by atoms with van der Waals surface area (Å²) >= 11 is 1.23. The van der Waals surface area contributed by atoms with Crippen molar-refractivity contribution in [1.29, 1.82) is 0 Å². The molecule has 1 N–H and O–H groups in total. The molecule has 0 bridgehead atoms. The van der Waals surface area contributed by atoms with Crippen LogP contribution in [0.2, 0.25) is 0 Å². The van der Waals surface area contributed by atoms with Gasteiger partial charge >= 0.3 is 5.97 Å². The summed E-state index contributed by atoms with van der Waals surface area (Å²) in [4.78, 5) is 15.1. The van der Waals surface area contributed by atoms with Gasteiger partial charge in [0.2, 0.25) is 0 Å². The van der Waals surface area contributed by atoms with Crippen LogP contribution in [0.1, 0.15) is 25.8 Å². The molecule has 0 saturated carbocycles. The molecule has 1 heterocycles. The summed E-state index contributed by atoms with van der Waals surface area (Å²) in [6.45, 7) is 2.04. The van der Waals surface area contributed by atoms with E-state index in [1.54, 1.807) is 0 Å². The van der Waals surface area contributed by atoms with Crippen molar-refractivity contribution in [2.75, 3.05) is 0 Å². The molecular weight excluding hydrogens is 222 g/mol. The lowest BCUT2D eigenvalue weighted by atomic mass is 10.1. The first-order chi connectivity index (χ1) is 7.66. The summed E-state index contributed by atoms with van der Waals surface area (Å²) in [6.07, 6.45) is 2.12. The molecule has 0 aliphatic heterocycles. The second-order valence-corrected chi connectivity index (χ2v) is 4.64. The predicted octanol–water partition coefficient (Wildman–Crippen LogP) is 2.74. The maximum atomic E-state index is 10.7. The third kappa shape index (κ3) is 2.28. The second-order valence-electron chi connectivity index (χ2n) is 3.53. The first-order valence-corrected chi connectivity index (χ1v) is 5.71. The number of aromatic carboxylic acids is 1. The monoisotopic (exact) mass is 233 g/mol. The average molecular weight is 233 g/mol. The largest absolute Gasteiger partial charge is 0.477 e. The summed E-state index contributed by atoms with van der Waals surface area (Å²) in [5, 5.41) is 9.63. The molecular formula is C12H11NO2S. The van der Waals surface area contributed by atoms with Crippen LogP contribution in [0.4, 0.5) is 0 Å². The van der Waals surface area contributed by atoms with Gasteiger partial charge in [0, 0.05) is 6.42 Å². The minimum absolute atomic E-state index is 0.295. The number of nitrogens with zero attached hydrogens (tertiary/aromatic N) is 1. The first-order valence-electron chi connectivity index (χ1n) is 4.89. The Hall–Kier alpha value is -1.68. The van der Waals surface area contributed by atoms with Gasteiger partial charge in [-0.05, 0) is 18.1 Å². The minimum atomic E-state index is -0.909. The molecule has 0 atom stereocenters. The first kappa shape index (κ1) is 10.8. The minimum Gasteiger partial charge on any atom is -0.477 e. The zero-order chi connectivity index (χ0) is 11.5. The number of rotatable bonds is 3. The highest BCUT2D eigenvalue weighted by molar-refractivity contribution is 7.13. The number of benzene rings is 1. The molecule has 2 aromatic rings. The molecule has 0 aliphatic carbocycles. The molecule has 0 unspecified atom stereocenters. The van der Waals surface area contributed by atoms with E-state index in [-0.39, 0.29) is 0 Å². The Morgan fingerprint density at radius 3 is 2.81 bits per heavy atom. The van der Waals surface area contributed by atoms with Crippen molar-refractivity contribution in [3.8, 4) is 0 Å². The molecule has 1 aromatic carbocycles. The van der Waals surface area contributed by atoms with E-state index < -0.39 is 5.97 Å². The molecule has 1 aromatic heterocycles. The Bertz CT molecular complexity index is 519. The topological polar surface area (TPSA) is 50.2 Å². The molecule has 0 fully saturated rings. The van der Waals surface area contributed by atoms with Crippen LogP contribution in [-0.4, -0.2) is 16.1 Å². The summed E-state index contributed by atoms with van der Waals surface area (Å²) in [6, 6.07) is 8.05. The Morgan fingerprint density at radius 1 is 1.44 bits per heavy atom. The normalized spacial score (nSPS) is 10.3. The van der Waals surface area contributed by atoms with Crippen molar-refractivity contribution in [3.05, 3.63) is 51.5 Å². The highest BCUT2D eigenvalue weighted by atomic mass is 32.1. The Morgan fingerprint density at radius 2 is 2.19 bits per heavy atom. The van der Waals surface area contributed by atoms with Crippen molar-refractivity contribution >= 4 is 17.3 Å². The van der Waals surface area contributed by atoms with Crippen molar-refractivity contribution in [2.24, 2.45) is 0 Å². The molecule has 0 amide bonds. The highest BCUT2D eigenvalue weighted by Crippen LogP contribution is 2.18. The summed E-state index contributed by atoms with van der Waals surface area (Å²) in [7, 11) is 0. The van der Waals surface area contributed by atoms with Gasteiger partial charge in [0.05, 0.1) is 11.2 Å². The number of hydrogen-bond donors (Lipinski definition) is 1. The molecule has 0 spiro atoms. The standard InChI is InChI=1S/C12H11NO2S/c1-8-4-2-3-5-9(8)6-11-13-7-10(16-11)12(14)15/h2-5,7H,6H2,1H3,(H,14,15). The van der Waals surface area contributed by atoms with E-state index in [0.717, 1.165) is 5.01 Å². The molecule has 82 valence electrons. The van der Waals surface area contributed by atoms with Crippen LogP contribution in [0.5, 0.6) is 0 Å². The lowest BCUT2D eigenvalue weighted by Gasteiger charge is -2.01. The van der Waals surface area contributed by atoms with E-state index in [1.165, 1.54) is 28.7 Å². The van der Waals surface area contributed by atoms with Gasteiger partial charge in [-0.1, -0.05) is 24.3 Å². The third-order valence-electron chi connectivity index (χ3n) is 2.37. The molecule has 16 heavy (non-hydrogen) atoms. The predicted molar refractivity (Wildman–Crippen MR) is 63.1 cm³/mol. The maximum Gasteiger partial charge on any atom is 0.347 e. The van der Waals surface area contributed by atoms with Crippen LogP contribution in [0.3, 0.4) is 0 Å². The highest BCUT2D eigenvalue weighted by Gasteiger charge is 2.09. The third-order valence-corrected chi connectivity index (χ3v) is 3.35. The van der Waals surface area contributed by atoms with Crippen molar-refractivity contribution < 1.29 is 9.90 Å². The van der Waals surface area contributed by atoms with Gasteiger partial charge in [0.15, 0.2) is 0 Å². The molecule has 4 heteroatoms. The number of aryl methyl sites for hydroxylation is 1. The van der Waals surface area contributed by atoms with Crippen molar-refractivity contribution in [1.82, 2.24) is 4.98 Å². The lowest BCUT2D eigenvalue weighted by molar-refractivity contribution is 0.0702. The molecule has 0 saturated heterocycles. The van der Waals surface area contributed by atoms with E-state index >= 15 is 0 Å². The zero-order valence-corrected chi connectivity index (χ0v) is 9.62. The lowest BCUT2D eigenvalue weighted by Crippen LogP contribution is -1.90. The summed E-state index contributed by atoms with van der Waals surface area (Å²) in [5.74, 6) is -0.909. The van der Waals surface area contributed by atoms with E-state index in [1.807, 2.05) is 31.2 Å². The summed E-state index contributed by atoms with van der Waals surface area (Å²) in [5.41, 5.74) is 2.39. The Kier molecular flexibility index (Phi) is 3.01. The van der Waals surface area contributed by atoms with Crippen LogP contribution in [0, 0.1) is 6.92 Å². The van der Waals surface area contributed by atoms with Crippen LogP contribution in [0.15, 0.2) is 30.5 Å². The number of thiazole rings is 1. The second kappa shape index (κ2) is 4.45. The van der Waals surface area contributed by atoms with Crippen molar-refractivity contribution in [3.63, 3.8) is 0 Å². The fraction of sp³-hybridized carbons (Fsp3) is 0.167. The van der Waals surface area contributed by atoms with Crippen molar-refractivity contribution in [2.45, 2.75) is 13.3 Å². The van der Waals surface area contributed by atoms with E-state index in [2.05, 4.69) is 4.98 Å². The van der Waals surface area contributed by atoms with Crippen LogP contribution in [0.25, 0.3) is 0 Å². The van der Waals surface area contributed by atoms with Gasteiger partial charge in [0.1, 0.15) is 4.88 Å². The fourth-order valence-corrected chi connectivity index (χ4v) is 2.24. The number of hydrogen-bond acceptors (Lipinski definition) is 3. The Balaban J connectivity index is 2.21.